The first kappa shape index (κ1) is 9.77. The Balaban J connectivity index is 2.23. The average molecular weight is 259 g/mol. The summed E-state index contributed by atoms with van der Waals surface area (Å²) in [6, 6.07) is 0. The van der Waals surface area contributed by atoms with E-state index in [1.807, 2.05) is 0 Å². The molecule has 1 saturated carbocycles. The van der Waals surface area contributed by atoms with E-state index in [0.29, 0.717) is 11.8 Å². The summed E-state index contributed by atoms with van der Waals surface area (Å²) in [4.78, 5) is 0. The van der Waals surface area contributed by atoms with Crippen molar-refractivity contribution in [2.24, 2.45) is 5.41 Å². The molecule has 2 aliphatic rings. The first-order chi connectivity index (χ1) is 5.93. The summed E-state index contributed by atoms with van der Waals surface area (Å²) in [5.74, 6) is 0. The lowest BCUT2D eigenvalue weighted by molar-refractivity contribution is -0.265. The van der Waals surface area contributed by atoms with Gasteiger partial charge in [0.25, 0.3) is 0 Å². The van der Waals surface area contributed by atoms with E-state index in [4.69, 9.17) is 4.74 Å². The van der Waals surface area contributed by atoms with Crippen LogP contribution in [0, 0.1) is 5.41 Å². The minimum Gasteiger partial charge on any atom is -0.365 e. The third-order valence-corrected chi connectivity index (χ3v) is 4.36. The van der Waals surface area contributed by atoms with Crippen LogP contribution in [0.15, 0.2) is 0 Å². The van der Waals surface area contributed by atoms with Crippen molar-refractivity contribution in [1.82, 2.24) is 0 Å². The minimum atomic E-state index is -4.20. The summed E-state index contributed by atoms with van der Waals surface area (Å²) in [6.07, 6.45) is -3.32. The van der Waals surface area contributed by atoms with E-state index in [1.165, 1.54) is 0 Å². The Morgan fingerprint density at radius 2 is 2.00 bits per heavy atom. The topological polar surface area (TPSA) is 9.23 Å². The van der Waals surface area contributed by atoms with E-state index in [9.17, 15) is 13.2 Å². The van der Waals surface area contributed by atoms with E-state index < -0.39 is 11.8 Å². The standard InChI is InChI=1S/C8H10BrF3O/c9-4-6-1-2-7(3-6,13-5-6)8(10,11)12/h1-5H2. The maximum Gasteiger partial charge on any atom is 0.417 e. The monoisotopic (exact) mass is 258 g/mol. The van der Waals surface area contributed by atoms with Gasteiger partial charge in [-0.1, -0.05) is 15.9 Å². The molecule has 0 aromatic rings. The first-order valence-corrected chi connectivity index (χ1v) is 5.32. The number of rotatable bonds is 1. The van der Waals surface area contributed by atoms with Crippen molar-refractivity contribution in [2.75, 3.05) is 11.9 Å². The first-order valence-electron chi connectivity index (χ1n) is 4.20. The molecule has 0 N–H and O–H groups in total. The molecule has 0 aromatic carbocycles. The van der Waals surface area contributed by atoms with E-state index in [0.717, 1.165) is 0 Å². The van der Waals surface area contributed by atoms with Crippen molar-refractivity contribution >= 4 is 15.9 Å². The molecule has 2 rings (SSSR count). The van der Waals surface area contributed by atoms with Crippen LogP contribution in [0.1, 0.15) is 19.3 Å². The van der Waals surface area contributed by atoms with Crippen molar-refractivity contribution in [1.29, 1.82) is 0 Å². The average Bonchev–Trinajstić information content (AvgIpc) is 2.60. The fourth-order valence-corrected chi connectivity index (χ4v) is 2.90. The largest absolute Gasteiger partial charge is 0.417 e. The van der Waals surface area contributed by atoms with Gasteiger partial charge in [-0.25, -0.2) is 0 Å². The Labute approximate surface area is 82.8 Å². The highest BCUT2D eigenvalue weighted by atomic mass is 79.9. The molecule has 1 aliphatic heterocycles. The van der Waals surface area contributed by atoms with Gasteiger partial charge in [0.2, 0.25) is 0 Å². The number of alkyl halides is 4. The zero-order valence-electron chi connectivity index (χ0n) is 6.96. The minimum absolute atomic E-state index is 0.127. The molecule has 2 unspecified atom stereocenters. The second-order valence-corrected chi connectivity index (χ2v) is 4.65. The highest BCUT2D eigenvalue weighted by Crippen LogP contribution is 2.59. The van der Waals surface area contributed by atoms with Crippen LogP contribution in [-0.4, -0.2) is 23.7 Å². The van der Waals surface area contributed by atoms with Gasteiger partial charge < -0.3 is 4.74 Å². The van der Waals surface area contributed by atoms with Gasteiger partial charge in [0.05, 0.1) is 6.61 Å². The predicted octanol–water partition coefficient (Wildman–Crippen LogP) is 2.88. The van der Waals surface area contributed by atoms with Crippen LogP contribution in [-0.2, 0) is 4.74 Å². The summed E-state index contributed by atoms with van der Waals surface area (Å²) in [6.45, 7) is 0.248. The molecule has 0 aromatic heterocycles. The Hall–Kier alpha value is 0.230. The molecule has 2 bridgehead atoms. The van der Waals surface area contributed by atoms with Gasteiger partial charge in [-0.05, 0) is 19.3 Å². The quantitative estimate of drug-likeness (QED) is 0.658. The zero-order valence-corrected chi connectivity index (χ0v) is 8.54. The maximum absolute atomic E-state index is 12.6. The highest BCUT2D eigenvalue weighted by molar-refractivity contribution is 9.09. The van der Waals surface area contributed by atoms with Crippen molar-refractivity contribution in [3.63, 3.8) is 0 Å². The Morgan fingerprint density at radius 3 is 2.23 bits per heavy atom. The lowest BCUT2D eigenvalue weighted by Gasteiger charge is -2.29. The van der Waals surface area contributed by atoms with Crippen LogP contribution in [0.25, 0.3) is 0 Å². The second kappa shape index (κ2) is 2.63. The number of hydrogen-bond donors (Lipinski definition) is 0. The van der Waals surface area contributed by atoms with Crippen molar-refractivity contribution < 1.29 is 17.9 Å². The van der Waals surface area contributed by atoms with Crippen LogP contribution in [0.5, 0.6) is 0 Å². The fourth-order valence-electron chi connectivity index (χ4n) is 2.26. The SMILES string of the molecule is FC(F)(F)C12CCC(CBr)(CO1)C2. The maximum atomic E-state index is 12.6. The summed E-state index contributed by atoms with van der Waals surface area (Å²) in [5.41, 5.74) is -2.07. The molecule has 1 heterocycles. The van der Waals surface area contributed by atoms with Crippen molar-refractivity contribution in [3.8, 4) is 0 Å². The lowest BCUT2D eigenvalue weighted by atomic mass is 9.90. The number of hydrogen-bond acceptors (Lipinski definition) is 1. The Bertz CT molecular complexity index is 218. The summed E-state index contributed by atoms with van der Waals surface area (Å²) < 4.78 is 42.8. The molecule has 1 saturated heterocycles. The molecule has 13 heavy (non-hydrogen) atoms. The van der Waals surface area contributed by atoms with Gasteiger partial charge in [0.1, 0.15) is 0 Å². The molecular formula is C8H10BrF3O. The summed E-state index contributed by atoms with van der Waals surface area (Å²) >= 11 is 3.26. The predicted molar refractivity (Wildman–Crippen MR) is 44.8 cm³/mol. The normalized spacial score (nSPS) is 44.3. The van der Waals surface area contributed by atoms with Gasteiger partial charge in [-0.2, -0.15) is 13.2 Å². The van der Waals surface area contributed by atoms with Crippen molar-refractivity contribution in [2.45, 2.75) is 31.0 Å². The second-order valence-electron chi connectivity index (χ2n) is 4.09. The lowest BCUT2D eigenvalue weighted by Crippen LogP contribution is -2.43. The molecule has 2 fully saturated rings. The van der Waals surface area contributed by atoms with Crippen LogP contribution >= 0.6 is 15.9 Å². The fraction of sp³-hybridized carbons (Fsp3) is 1.00. The number of fused-ring (bicyclic) bond motifs is 2. The van der Waals surface area contributed by atoms with E-state index in [-0.39, 0.29) is 24.9 Å². The van der Waals surface area contributed by atoms with Crippen LogP contribution < -0.4 is 0 Å². The molecular weight excluding hydrogens is 249 g/mol. The molecule has 0 amide bonds. The van der Waals surface area contributed by atoms with Gasteiger partial charge in [0.15, 0.2) is 5.60 Å². The third kappa shape index (κ3) is 1.23. The molecule has 0 spiro atoms. The van der Waals surface area contributed by atoms with Gasteiger partial charge in [-0.15, -0.1) is 0 Å². The molecule has 0 radical (unpaired) electrons. The van der Waals surface area contributed by atoms with Crippen LogP contribution in [0.2, 0.25) is 0 Å². The number of ether oxygens (including phenoxy) is 1. The smallest absolute Gasteiger partial charge is 0.365 e. The molecule has 1 aliphatic carbocycles. The van der Waals surface area contributed by atoms with Crippen LogP contribution in [0.4, 0.5) is 13.2 Å². The number of halogens is 4. The van der Waals surface area contributed by atoms with Crippen LogP contribution in [0.3, 0.4) is 0 Å². The molecule has 2 atom stereocenters. The Morgan fingerprint density at radius 1 is 1.31 bits per heavy atom. The summed E-state index contributed by atoms with van der Waals surface area (Å²) in [7, 11) is 0. The van der Waals surface area contributed by atoms with Gasteiger partial charge in [0, 0.05) is 10.7 Å². The zero-order chi connectivity index (χ0) is 9.74. The van der Waals surface area contributed by atoms with Gasteiger partial charge in [-0.3, -0.25) is 0 Å². The molecule has 76 valence electrons. The third-order valence-electron chi connectivity index (χ3n) is 3.17. The van der Waals surface area contributed by atoms with E-state index in [1.54, 1.807) is 0 Å². The Kier molecular flexibility index (Phi) is 1.97. The van der Waals surface area contributed by atoms with Gasteiger partial charge >= 0.3 is 6.18 Å². The van der Waals surface area contributed by atoms with E-state index in [2.05, 4.69) is 15.9 Å². The summed E-state index contributed by atoms with van der Waals surface area (Å²) in [5, 5.41) is 0.609. The van der Waals surface area contributed by atoms with Crippen molar-refractivity contribution in [3.05, 3.63) is 0 Å². The highest BCUT2D eigenvalue weighted by Gasteiger charge is 2.67. The van der Waals surface area contributed by atoms with E-state index >= 15 is 0 Å². The molecule has 5 heteroatoms. The molecule has 1 nitrogen and oxygen atoms in total.